The minimum absolute atomic E-state index is 0.258. The predicted octanol–water partition coefficient (Wildman–Crippen LogP) is 0.972. The third-order valence-corrected chi connectivity index (χ3v) is 4.14. The zero-order valence-electron chi connectivity index (χ0n) is 10.6. The molecule has 0 saturated heterocycles. The zero-order valence-corrected chi connectivity index (χ0v) is 11.4. The van der Waals surface area contributed by atoms with Gasteiger partial charge in [0.1, 0.15) is 0 Å². The molecule has 0 aliphatic heterocycles. The summed E-state index contributed by atoms with van der Waals surface area (Å²) in [6.45, 7) is 0.750. The molecule has 0 atom stereocenters. The van der Waals surface area contributed by atoms with Crippen LogP contribution in [-0.4, -0.2) is 32.0 Å². The van der Waals surface area contributed by atoms with Crippen molar-refractivity contribution in [3.8, 4) is 0 Å². The summed E-state index contributed by atoms with van der Waals surface area (Å²) in [4.78, 5) is 7.22. The summed E-state index contributed by atoms with van der Waals surface area (Å²) in [5.74, 6) is 0. The van der Waals surface area contributed by atoms with Crippen LogP contribution in [0.4, 0.5) is 5.69 Å². The first-order chi connectivity index (χ1) is 9.12. The zero-order chi connectivity index (χ0) is 13.7. The molecular formula is C12H16N4O2S. The predicted molar refractivity (Wildman–Crippen MR) is 73.5 cm³/mol. The first-order valence-electron chi connectivity index (χ1n) is 5.86. The average Bonchev–Trinajstić information content (AvgIpc) is 2.92. The molecular weight excluding hydrogens is 264 g/mol. The van der Waals surface area contributed by atoms with Crippen LogP contribution in [0.2, 0.25) is 0 Å². The Labute approximate surface area is 112 Å². The maximum Gasteiger partial charge on any atom is 0.240 e. The number of hydrogen-bond donors (Lipinski definition) is 3. The van der Waals surface area contributed by atoms with Crippen molar-refractivity contribution in [3.63, 3.8) is 0 Å². The Bertz CT molecular complexity index is 606. The van der Waals surface area contributed by atoms with Gasteiger partial charge in [-0.1, -0.05) is 0 Å². The van der Waals surface area contributed by atoms with Gasteiger partial charge in [0.2, 0.25) is 10.0 Å². The molecule has 0 amide bonds. The number of hydrogen-bond acceptors (Lipinski definition) is 4. The Morgan fingerprint density at radius 1 is 1.26 bits per heavy atom. The SMILES string of the molecule is CNS(=O)(=O)c1ccc(NCCc2cnc[nH]2)cc1. The second kappa shape index (κ2) is 5.85. The summed E-state index contributed by atoms with van der Waals surface area (Å²) in [7, 11) is -1.97. The molecule has 1 heterocycles. The van der Waals surface area contributed by atoms with Crippen molar-refractivity contribution in [2.75, 3.05) is 18.9 Å². The van der Waals surface area contributed by atoms with Crippen molar-refractivity contribution in [3.05, 3.63) is 42.5 Å². The summed E-state index contributed by atoms with van der Waals surface area (Å²) in [6, 6.07) is 6.64. The molecule has 19 heavy (non-hydrogen) atoms. The van der Waals surface area contributed by atoms with Gasteiger partial charge in [0, 0.05) is 30.5 Å². The van der Waals surface area contributed by atoms with Gasteiger partial charge >= 0.3 is 0 Å². The molecule has 1 aromatic carbocycles. The Balaban J connectivity index is 1.92. The van der Waals surface area contributed by atoms with Crippen LogP contribution in [0.1, 0.15) is 5.69 Å². The van der Waals surface area contributed by atoms with Gasteiger partial charge in [0.25, 0.3) is 0 Å². The number of aromatic amines is 1. The fourth-order valence-corrected chi connectivity index (χ4v) is 2.36. The first-order valence-corrected chi connectivity index (χ1v) is 7.35. The summed E-state index contributed by atoms with van der Waals surface area (Å²) in [6.07, 6.45) is 4.26. The molecule has 0 spiro atoms. The Kier molecular flexibility index (Phi) is 4.18. The summed E-state index contributed by atoms with van der Waals surface area (Å²) in [5.41, 5.74) is 1.94. The number of benzene rings is 1. The third kappa shape index (κ3) is 3.55. The lowest BCUT2D eigenvalue weighted by molar-refractivity contribution is 0.588. The highest BCUT2D eigenvalue weighted by Crippen LogP contribution is 2.13. The van der Waals surface area contributed by atoms with Crippen molar-refractivity contribution < 1.29 is 8.42 Å². The lowest BCUT2D eigenvalue weighted by Gasteiger charge is -2.07. The van der Waals surface area contributed by atoms with E-state index >= 15 is 0 Å². The van der Waals surface area contributed by atoms with Crippen LogP contribution >= 0.6 is 0 Å². The van der Waals surface area contributed by atoms with Gasteiger partial charge in [-0.05, 0) is 31.3 Å². The van der Waals surface area contributed by atoms with Gasteiger partial charge < -0.3 is 10.3 Å². The minimum Gasteiger partial charge on any atom is -0.385 e. The summed E-state index contributed by atoms with van der Waals surface area (Å²) < 4.78 is 25.4. The fraction of sp³-hybridized carbons (Fsp3) is 0.250. The molecule has 2 aromatic rings. The first kappa shape index (κ1) is 13.6. The smallest absolute Gasteiger partial charge is 0.240 e. The number of imidazole rings is 1. The standard InChI is InChI=1S/C12H16N4O2S/c1-13-19(17,18)12-4-2-10(3-5-12)15-7-6-11-8-14-9-16-11/h2-5,8-9,13,15H,6-7H2,1H3,(H,14,16). The van der Waals surface area contributed by atoms with Crippen molar-refractivity contribution >= 4 is 15.7 Å². The van der Waals surface area contributed by atoms with Crippen molar-refractivity contribution in [2.24, 2.45) is 0 Å². The van der Waals surface area contributed by atoms with Crippen LogP contribution in [0.3, 0.4) is 0 Å². The number of sulfonamides is 1. The van der Waals surface area contributed by atoms with Crippen LogP contribution in [0.15, 0.2) is 41.7 Å². The fourth-order valence-electron chi connectivity index (χ4n) is 1.63. The Morgan fingerprint density at radius 2 is 2.00 bits per heavy atom. The minimum atomic E-state index is -3.36. The van der Waals surface area contributed by atoms with E-state index in [0.29, 0.717) is 0 Å². The van der Waals surface area contributed by atoms with Gasteiger partial charge in [-0.15, -0.1) is 0 Å². The van der Waals surface area contributed by atoms with Crippen LogP contribution in [0.25, 0.3) is 0 Å². The number of nitrogens with zero attached hydrogens (tertiary/aromatic N) is 1. The van der Waals surface area contributed by atoms with E-state index in [4.69, 9.17) is 0 Å². The van der Waals surface area contributed by atoms with Gasteiger partial charge in [-0.2, -0.15) is 0 Å². The second-order valence-electron chi connectivity index (χ2n) is 3.99. The molecule has 3 N–H and O–H groups in total. The Hall–Kier alpha value is -1.86. The highest BCUT2D eigenvalue weighted by atomic mass is 32.2. The number of rotatable bonds is 6. The summed E-state index contributed by atoms with van der Waals surface area (Å²) >= 11 is 0. The number of anilines is 1. The van der Waals surface area contributed by atoms with Crippen LogP contribution in [0.5, 0.6) is 0 Å². The van der Waals surface area contributed by atoms with E-state index in [1.807, 2.05) is 0 Å². The monoisotopic (exact) mass is 280 g/mol. The molecule has 1 aromatic heterocycles. The number of aromatic nitrogens is 2. The number of nitrogens with one attached hydrogen (secondary N) is 3. The molecule has 0 radical (unpaired) electrons. The van der Waals surface area contributed by atoms with E-state index in [9.17, 15) is 8.42 Å². The number of H-pyrrole nitrogens is 1. The van der Waals surface area contributed by atoms with E-state index in [2.05, 4.69) is 20.0 Å². The van der Waals surface area contributed by atoms with Gasteiger partial charge in [0.05, 0.1) is 11.2 Å². The van der Waals surface area contributed by atoms with Gasteiger partial charge in [-0.3, -0.25) is 0 Å². The second-order valence-corrected chi connectivity index (χ2v) is 5.87. The normalized spacial score (nSPS) is 11.4. The van der Waals surface area contributed by atoms with E-state index in [1.54, 1.807) is 36.8 Å². The molecule has 0 aliphatic rings. The van der Waals surface area contributed by atoms with Crippen molar-refractivity contribution in [1.82, 2.24) is 14.7 Å². The molecule has 0 unspecified atom stereocenters. The maximum absolute atomic E-state index is 11.5. The van der Waals surface area contributed by atoms with Crippen molar-refractivity contribution in [1.29, 1.82) is 0 Å². The molecule has 2 rings (SSSR count). The average molecular weight is 280 g/mol. The van der Waals surface area contributed by atoms with Crippen LogP contribution < -0.4 is 10.0 Å². The largest absolute Gasteiger partial charge is 0.385 e. The van der Waals surface area contributed by atoms with Gasteiger partial charge in [-0.25, -0.2) is 18.1 Å². The van der Waals surface area contributed by atoms with E-state index in [-0.39, 0.29) is 4.90 Å². The van der Waals surface area contributed by atoms with E-state index < -0.39 is 10.0 Å². The Morgan fingerprint density at radius 3 is 2.58 bits per heavy atom. The molecule has 0 aliphatic carbocycles. The van der Waals surface area contributed by atoms with Gasteiger partial charge in [0.15, 0.2) is 0 Å². The maximum atomic E-state index is 11.5. The molecule has 0 fully saturated rings. The van der Waals surface area contributed by atoms with Crippen LogP contribution in [-0.2, 0) is 16.4 Å². The van der Waals surface area contributed by atoms with E-state index in [0.717, 1.165) is 24.3 Å². The third-order valence-electron chi connectivity index (χ3n) is 2.71. The molecule has 0 bridgehead atoms. The topological polar surface area (TPSA) is 86.9 Å². The van der Waals surface area contributed by atoms with Crippen molar-refractivity contribution in [2.45, 2.75) is 11.3 Å². The molecule has 7 heteroatoms. The van der Waals surface area contributed by atoms with E-state index in [1.165, 1.54) is 7.05 Å². The lowest BCUT2D eigenvalue weighted by atomic mass is 10.3. The highest BCUT2D eigenvalue weighted by molar-refractivity contribution is 7.89. The quantitative estimate of drug-likeness (QED) is 0.736. The molecule has 102 valence electrons. The van der Waals surface area contributed by atoms with Crippen LogP contribution in [0, 0.1) is 0 Å². The lowest BCUT2D eigenvalue weighted by Crippen LogP contribution is -2.18. The molecule has 0 saturated carbocycles. The molecule has 6 nitrogen and oxygen atoms in total. The highest BCUT2D eigenvalue weighted by Gasteiger charge is 2.09. The summed E-state index contributed by atoms with van der Waals surface area (Å²) in [5, 5.41) is 3.22.